The third-order valence-electron chi connectivity index (χ3n) is 4.25. The molecule has 2 N–H and O–H groups in total. The van der Waals surface area contributed by atoms with Gasteiger partial charge in [0.25, 0.3) is 0 Å². The standard InChI is InChI=1S/C15H26N2O4/c1-11-8-17(9-13(10-18)21-11)14(19)6-7-16-15(20)12-4-2-3-5-12/h11-13,18H,2-10H2,1H3,(H,16,20). The third kappa shape index (κ3) is 4.68. The molecule has 2 unspecified atom stereocenters. The second-order valence-electron chi connectivity index (χ2n) is 6.07. The van der Waals surface area contributed by atoms with Gasteiger partial charge in [-0.3, -0.25) is 9.59 Å². The van der Waals surface area contributed by atoms with E-state index in [4.69, 9.17) is 9.84 Å². The molecule has 1 aliphatic heterocycles. The van der Waals surface area contributed by atoms with Crippen molar-refractivity contribution in [3.63, 3.8) is 0 Å². The van der Waals surface area contributed by atoms with Crippen molar-refractivity contribution >= 4 is 11.8 Å². The van der Waals surface area contributed by atoms with Gasteiger partial charge < -0.3 is 20.1 Å². The Labute approximate surface area is 125 Å². The fraction of sp³-hybridized carbons (Fsp3) is 0.867. The largest absolute Gasteiger partial charge is 0.394 e. The minimum Gasteiger partial charge on any atom is -0.394 e. The Morgan fingerprint density at radius 2 is 2.00 bits per heavy atom. The molecule has 2 rings (SSSR count). The van der Waals surface area contributed by atoms with Crippen LogP contribution < -0.4 is 5.32 Å². The van der Waals surface area contributed by atoms with Gasteiger partial charge in [0.15, 0.2) is 0 Å². The quantitative estimate of drug-likeness (QED) is 0.765. The van der Waals surface area contributed by atoms with E-state index in [-0.39, 0.29) is 36.5 Å². The van der Waals surface area contributed by atoms with Gasteiger partial charge >= 0.3 is 0 Å². The summed E-state index contributed by atoms with van der Waals surface area (Å²) in [6.07, 6.45) is 4.15. The summed E-state index contributed by atoms with van der Waals surface area (Å²) >= 11 is 0. The van der Waals surface area contributed by atoms with Crippen molar-refractivity contribution in [2.45, 2.75) is 51.2 Å². The first-order valence-corrected chi connectivity index (χ1v) is 7.92. The zero-order chi connectivity index (χ0) is 15.2. The third-order valence-corrected chi connectivity index (χ3v) is 4.25. The summed E-state index contributed by atoms with van der Waals surface area (Å²) in [5.41, 5.74) is 0. The molecule has 0 spiro atoms. The monoisotopic (exact) mass is 298 g/mol. The zero-order valence-electron chi connectivity index (χ0n) is 12.7. The molecule has 1 saturated heterocycles. The summed E-state index contributed by atoms with van der Waals surface area (Å²) in [4.78, 5) is 25.7. The average molecular weight is 298 g/mol. The summed E-state index contributed by atoms with van der Waals surface area (Å²) in [5.74, 6) is 0.237. The fourth-order valence-corrected chi connectivity index (χ4v) is 3.13. The molecule has 120 valence electrons. The van der Waals surface area contributed by atoms with Crippen molar-refractivity contribution in [2.75, 3.05) is 26.2 Å². The van der Waals surface area contributed by atoms with Crippen LogP contribution in [0, 0.1) is 5.92 Å². The van der Waals surface area contributed by atoms with Gasteiger partial charge in [0.1, 0.15) is 0 Å². The number of nitrogens with one attached hydrogen (secondary N) is 1. The molecule has 2 amide bonds. The summed E-state index contributed by atoms with van der Waals surface area (Å²) in [6, 6.07) is 0. The Balaban J connectivity index is 1.70. The molecular formula is C15H26N2O4. The van der Waals surface area contributed by atoms with Crippen molar-refractivity contribution in [3.05, 3.63) is 0 Å². The molecule has 2 atom stereocenters. The van der Waals surface area contributed by atoms with Crippen molar-refractivity contribution in [2.24, 2.45) is 5.92 Å². The predicted molar refractivity (Wildman–Crippen MR) is 77.6 cm³/mol. The number of hydrogen-bond acceptors (Lipinski definition) is 4. The van der Waals surface area contributed by atoms with Gasteiger partial charge in [-0.1, -0.05) is 12.8 Å². The molecule has 1 saturated carbocycles. The van der Waals surface area contributed by atoms with Crippen LogP contribution in [-0.4, -0.2) is 60.3 Å². The summed E-state index contributed by atoms with van der Waals surface area (Å²) in [7, 11) is 0. The molecule has 0 radical (unpaired) electrons. The molecular weight excluding hydrogens is 272 g/mol. The highest BCUT2D eigenvalue weighted by molar-refractivity contribution is 5.80. The number of amides is 2. The lowest BCUT2D eigenvalue weighted by Crippen LogP contribution is -2.50. The Morgan fingerprint density at radius 3 is 2.67 bits per heavy atom. The summed E-state index contributed by atoms with van der Waals surface area (Å²) < 4.78 is 5.51. The summed E-state index contributed by atoms with van der Waals surface area (Å²) in [6.45, 7) is 3.18. The van der Waals surface area contributed by atoms with Crippen LogP contribution in [0.4, 0.5) is 0 Å². The first-order valence-electron chi connectivity index (χ1n) is 7.92. The van der Waals surface area contributed by atoms with E-state index in [9.17, 15) is 9.59 Å². The lowest BCUT2D eigenvalue weighted by atomic mass is 10.1. The molecule has 0 aromatic carbocycles. The van der Waals surface area contributed by atoms with E-state index >= 15 is 0 Å². The Hall–Kier alpha value is -1.14. The maximum absolute atomic E-state index is 12.1. The topological polar surface area (TPSA) is 78.9 Å². The number of aliphatic hydroxyl groups is 1. The lowest BCUT2D eigenvalue weighted by Gasteiger charge is -2.36. The van der Waals surface area contributed by atoms with Gasteiger partial charge in [-0.2, -0.15) is 0 Å². The van der Waals surface area contributed by atoms with Crippen molar-refractivity contribution in [3.8, 4) is 0 Å². The Kier molecular flexibility index (Phi) is 5.99. The van der Waals surface area contributed by atoms with Crippen LogP contribution in [0.3, 0.4) is 0 Å². The fourth-order valence-electron chi connectivity index (χ4n) is 3.13. The number of rotatable bonds is 5. The average Bonchev–Trinajstić information content (AvgIpc) is 3.00. The van der Waals surface area contributed by atoms with Gasteiger partial charge in [-0.15, -0.1) is 0 Å². The minimum atomic E-state index is -0.300. The molecule has 2 aliphatic rings. The molecule has 0 aromatic heterocycles. The Bertz CT molecular complexity index is 369. The van der Waals surface area contributed by atoms with Crippen LogP contribution in [-0.2, 0) is 14.3 Å². The van der Waals surface area contributed by atoms with Gasteiger partial charge in [-0.05, 0) is 19.8 Å². The predicted octanol–water partition coefficient (Wildman–Crippen LogP) is 0.291. The van der Waals surface area contributed by atoms with Crippen LogP contribution >= 0.6 is 0 Å². The highest BCUT2D eigenvalue weighted by Crippen LogP contribution is 2.24. The van der Waals surface area contributed by atoms with E-state index in [1.54, 1.807) is 4.90 Å². The van der Waals surface area contributed by atoms with Gasteiger partial charge in [0.2, 0.25) is 11.8 Å². The second kappa shape index (κ2) is 7.75. The summed E-state index contributed by atoms with van der Waals surface area (Å²) in [5, 5.41) is 12.0. The van der Waals surface area contributed by atoms with E-state index in [0.29, 0.717) is 26.1 Å². The molecule has 0 aromatic rings. The van der Waals surface area contributed by atoms with E-state index in [0.717, 1.165) is 25.7 Å². The number of ether oxygens (including phenoxy) is 1. The number of hydrogen-bond donors (Lipinski definition) is 2. The minimum absolute atomic E-state index is 0.00956. The van der Waals surface area contributed by atoms with E-state index < -0.39 is 0 Å². The van der Waals surface area contributed by atoms with Crippen LogP contribution in [0.15, 0.2) is 0 Å². The van der Waals surface area contributed by atoms with Gasteiger partial charge in [-0.25, -0.2) is 0 Å². The van der Waals surface area contributed by atoms with Crippen LogP contribution in [0.25, 0.3) is 0 Å². The van der Waals surface area contributed by atoms with E-state index in [1.165, 1.54) is 0 Å². The first-order chi connectivity index (χ1) is 10.1. The maximum Gasteiger partial charge on any atom is 0.224 e. The van der Waals surface area contributed by atoms with Crippen LogP contribution in [0.1, 0.15) is 39.0 Å². The SMILES string of the molecule is CC1CN(C(=O)CCNC(=O)C2CCCC2)CC(CO)O1. The number of carbonyl (C=O) groups is 2. The molecule has 1 heterocycles. The van der Waals surface area contributed by atoms with E-state index in [2.05, 4.69) is 5.32 Å². The Morgan fingerprint density at radius 1 is 1.29 bits per heavy atom. The molecule has 0 bridgehead atoms. The number of carbonyl (C=O) groups excluding carboxylic acids is 2. The number of morpholine rings is 1. The molecule has 1 aliphatic carbocycles. The van der Waals surface area contributed by atoms with Crippen LogP contribution in [0.2, 0.25) is 0 Å². The van der Waals surface area contributed by atoms with Gasteiger partial charge in [0.05, 0.1) is 18.8 Å². The van der Waals surface area contributed by atoms with Gasteiger partial charge in [0, 0.05) is 32.0 Å². The molecule has 2 fully saturated rings. The van der Waals surface area contributed by atoms with Crippen LogP contribution in [0.5, 0.6) is 0 Å². The molecule has 6 heteroatoms. The maximum atomic E-state index is 12.1. The molecule has 21 heavy (non-hydrogen) atoms. The van der Waals surface area contributed by atoms with Crippen molar-refractivity contribution in [1.82, 2.24) is 10.2 Å². The highest BCUT2D eigenvalue weighted by atomic mass is 16.5. The smallest absolute Gasteiger partial charge is 0.224 e. The van der Waals surface area contributed by atoms with E-state index in [1.807, 2.05) is 6.92 Å². The second-order valence-corrected chi connectivity index (χ2v) is 6.07. The lowest BCUT2D eigenvalue weighted by molar-refractivity contribution is -0.147. The van der Waals surface area contributed by atoms with Crippen molar-refractivity contribution < 1.29 is 19.4 Å². The highest BCUT2D eigenvalue weighted by Gasteiger charge is 2.28. The number of aliphatic hydroxyl groups excluding tert-OH is 1. The normalized spacial score (nSPS) is 26.9. The molecule has 6 nitrogen and oxygen atoms in total. The zero-order valence-corrected chi connectivity index (χ0v) is 12.7. The first kappa shape index (κ1) is 16.2. The van der Waals surface area contributed by atoms with Crippen molar-refractivity contribution in [1.29, 1.82) is 0 Å². The number of nitrogens with zero attached hydrogens (tertiary/aromatic N) is 1.